The minimum atomic E-state index is 0.171. The number of aliphatic hydroxyl groups is 1. The first-order valence-corrected chi connectivity index (χ1v) is 6.25. The van der Waals surface area contributed by atoms with Crippen LogP contribution >= 0.6 is 11.6 Å². The summed E-state index contributed by atoms with van der Waals surface area (Å²) in [5.41, 5.74) is 0. The molecule has 0 radical (unpaired) electrons. The van der Waals surface area contributed by atoms with Crippen LogP contribution in [0.25, 0.3) is 0 Å². The van der Waals surface area contributed by atoms with Gasteiger partial charge in [-0.15, -0.1) is 0 Å². The molecule has 0 aromatic heterocycles. The third-order valence-electron chi connectivity index (χ3n) is 2.59. The van der Waals surface area contributed by atoms with Gasteiger partial charge in [-0.3, -0.25) is 4.90 Å². The summed E-state index contributed by atoms with van der Waals surface area (Å²) in [4.78, 5) is 2.16. The van der Waals surface area contributed by atoms with E-state index in [1.807, 2.05) is 24.3 Å². The molecule has 0 spiro atoms. The molecule has 0 saturated carbocycles. The van der Waals surface area contributed by atoms with Crippen LogP contribution in [0.2, 0.25) is 5.02 Å². The second-order valence-electron chi connectivity index (χ2n) is 4.13. The van der Waals surface area contributed by atoms with E-state index >= 15 is 0 Å². The van der Waals surface area contributed by atoms with Crippen LogP contribution in [0.1, 0.15) is 13.8 Å². The van der Waals surface area contributed by atoms with Gasteiger partial charge in [0.2, 0.25) is 0 Å². The van der Waals surface area contributed by atoms with Gasteiger partial charge < -0.3 is 9.84 Å². The van der Waals surface area contributed by atoms with Crippen LogP contribution in [0, 0.1) is 0 Å². The smallest absolute Gasteiger partial charge is 0.137 e. The summed E-state index contributed by atoms with van der Waals surface area (Å²) >= 11 is 5.98. The van der Waals surface area contributed by atoms with Crippen molar-refractivity contribution < 1.29 is 9.84 Å². The lowest BCUT2D eigenvalue weighted by atomic mass is 10.3. The van der Waals surface area contributed by atoms with Gasteiger partial charge in [0.15, 0.2) is 0 Å². The molecule has 0 saturated heterocycles. The molecule has 3 nitrogen and oxygen atoms in total. The number of aliphatic hydroxyl groups excluding tert-OH is 1. The fraction of sp³-hybridized carbons (Fsp3) is 0.538. The van der Waals surface area contributed by atoms with Crippen LogP contribution in [0.3, 0.4) is 0 Å². The lowest BCUT2D eigenvalue weighted by Gasteiger charge is -2.25. The Balaban J connectivity index is 2.38. The zero-order valence-corrected chi connectivity index (χ0v) is 11.2. The van der Waals surface area contributed by atoms with E-state index in [9.17, 15) is 0 Å². The molecule has 1 N–H and O–H groups in total. The van der Waals surface area contributed by atoms with E-state index in [0.29, 0.717) is 30.0 Å². The third kappa shape index (κ3) is 4.94. The number of halogens is 1. The minimum Gasteiger partial charge on any atom is -0.491 e. The molecule has 0 heterocycles. The van der Waals surface area contributed by atoms with Gasteiger partial charge in [0.1, 0.15) is 12.4 Å². The highest BCUT2D eigenvalue weighted by atomic mass is 35.5. The Kier molecular flexibility index (Phi) is 6.34. The number of para-hydroxylation sites is 1. The van der Waals surface area contributed by atoms with E-state index in [0.717, 1.165) is 6.54 Å². The molecule has 0 aliphatic heterocycles. The molecule has 0 atom stereocenters. The van der Waals surface area contributed by atoms with E-state index in [-0.39, 0.29) is 6.61 Å². The summed E-state index contributed by atoms with van der Waals surface area (Å²) in [5.74, 6) is 0.710. The lowest BCUT2D eigenvalue weighted by Crippen LogP contribution is -2.36. The number of hydrogen-bond donors (Lipinski definition) is 1. The van der Waals surface area contributed by atoms with E-state index in [1.54, 1.807) is 0 Å². The second-order valence-corrected chi connectivity index (χ2v) is 4.54. The average Bonchev–Trinajstić information content (AvgIpc) is 2.30. The monoisotopic (exact) mass is 257 g/mol. The van der Waals surface area contributed by atoms with Crippen molar-refractivity contribution in [3.05, 3.63) is 29.3 Å². The fourth-order valence-electron chi connectivity index (χ4n) is 1.59. The lowest BCUT2D eigenvalue weighted by molar-refractivity contribution is 0.141. The van der Waals surface area contributed by atoms with E-state index in [4.69, 9.17) is 21.4 Å². The Labute approximate surface area is 108 Å². The predicted molar refractivity (Wildman–Crippen MR) is 70.7 cm³/mol. The molecule has 4 heteroatoms. The molecule has 0 unspecified atom stereocenters. The van der Waals surface area contributed by atoms with Gasteiger partial charge in [0.05, 0.1) is 11.6 Å². The molecule has 0 aliphatic rings. The van der Waals surface area contributed by atoms with Gasteiger partial charge in [0, 0.05) is 19.1 Å². The summed E-state index contributed by atoms with van der Waals surface area (Å²) in [6.07, 6.45) is 0. The summed E-state index contributed by atoms with van der Waals surface area (Å²) < 4.78 is 5.61. The number of benzene rings is 1. The molecule has 96 valence electrons. The van der Waals surface area contributed by atoms with Crippen LogP contribution in [-0.2, 0) is 0 Å². The second kappa shape index (κ2) is 7.54. The first kappa shape index (κ1) is 14.3. The summed E-state index contributed by atoms with van der Waals surface area (Å²) in [7, 11) is 0. The minimum absolute atomic E-state index is 0.171. The van der Waals surface area contributed by atoms with Crippen LogP contribution in [0.5, 0.6) is 5.75 Å². The molecule has 0 bridgehead atoms. The SMILES string of the molecule is CC(C)N(CCO)CCOc1ccccc1Cl. The quantitative estimate of drug-likeness (QED) is 0.814. The molecule has 0 aliphatic carbocycles. The van der Waals surface area contributed by atoms with E-state index in [1.165, 1.54) is 0 Å². The molecule has 0 fully saturated rings. The molecule has 1 aromatic rings. The van der Waals surface area contributed by atoms with Gasteiger partial charge in [-0.1, -0.05) is 23.7 Å². The maximum Gasteiger partial charge on any atom is 0.137 e. The first-order valence-electron chi connectivity index (χ1n) is 5.87. The van der Waals surface area contributed by atoms with Crippen molar-refractivity contribution in [3.8, 4) is 5.75 Å². The zero-order valence-electron chi connectivity index (χ0n) is 10.4. The average molecular weight is 258 g/mol. The summed E-state index contributed by atoms with van der Waals surface area (Å²) in [6, 6.07) is 7.84. The molecule has 1 rings (SSSR count). The maximum atomic E-state index is 8.94. The summed E-state index contributed by atoms with van der Waals surface area (Å²) in [6.45, 7) is 6.40. The number of rotatable bonds is 7. The van der Waals surface area contributed by atoms with Gasteiger partial charge >= 0.3 is 0 Å². The number of ether oxygens (including phenoxy) is 1. The van der Waals surface area contributed by atoms with E-state index < -0.39 is 0 Å². The van der Waals surface area contributed by atoms with E-state index in [2.05, 4.69) is 18.7 Å². The van der Waals surface area contributed by atoms with Crippen LogP contribution < -0.4 is 4.74 Å². The number of nitrogens with zero attached hydrogens (tertiary/aromatic N) is 1. The third-order valence-corrected chi connectivity index (χ3v) is 2.90. The predicted octanol–water partition coefficient (Wildman–Crippen LogP) is 2.42. The van der Waals surface area contributed by atoms with Gasteiger partial charge in [-0.2, -0.15) is 0 Å². The Hall–Kier alpha value is -0.770. The van der Waals surface area contributed by atoms with Crippen molar-refractivity contribution in [1.29, 1.82) is 0 Å². The summed E-state index contributed by atoms with van der Waals surface area (Å²) in [5, 5.41) is 9.57. The number of hydrogen-bond acceptors (Lipinski definition) is 3. The van der Waals surface area contributed by atoms with Gasteiger partial charge in [-0.25, -0.2) is 0 Å². The van der Waals surface area contributed by atoms with Crippen molar-refractivity contribution in [2.45, 2.75) is 19.9 Å². The highest BCUT2D eigenvalue weighted by molar-refractivity contribution is 6.32. The van der Waals surface area contributed by atoms with Crippen LogP contribution in [0.4, 0.5) is 0 Å². The normalized spacial score (nSPS) is 11.2. The Morgan fingerprint density at radius 2 is 2.00 bits per heavy atom. The largest absolute Gasteiger partial charge is 0.491 e. The highest BCUT2D eigenvalue weighted by Crippen LogP contribution is 2.22. The standard InChI is InChI=1S/C13H20ClNO2/c1-11(2)15(7-9-16)8-10-17-13-6-4-3-5-12(13)14/h3-6,11,16H,7-10H2,1-2H3. The Morgan fingerprint density at radius 3 is 2.59 bits per heavy atom. The topological polar surface area (TPSA) is 32.7 Å². The molecule has 0 amide bonds. The van der Waals surface area contributed by atoms with Crippen LogP contribution in [-0.4, -0.2) is 42.4 Å². The highest BCUT2D eigenvalue weighted by Gasteiger charge is 2.08. The van der Waals surface area contributed by atoms with Crippen molar-refractivity contribution in [2.75, 3.05) is 26.3 Å². The van der Waals surface area contributed by atoms with Gasteiger partial charge in [-0.05, 0) is 26.0 Å². The Bertz CT molecular complexity index is 331. The molecule has 17 heavy (non-hydrogen) atoms. The van der Waals surface area contributed by atoms with Crippen molar-refractivity contribution in [1.82, 2.24) is 4.90 Å². The Morgan fingerprint density at radius 1 is 1.29 bits per heavy atom. The van der Waals surface area contributed by atoms with Crippen molar-refractivity contribution in [3.63, 3.8) is 0 Å². The maximum absolute atomic E-state index is 8.94. The molecular weight excluding hydrogens is 238 g/mol. The van der Waals surface area contributed by atoms with Gasteiger partial charge in [0.25, 0.3) is 0 Å². The van der Waals surface area contributed by atoms with Crippen molar-refractivity contribution in [2.24, 2.45) is 0 Å². The zero-order chi connectivity index (χ0) is 12.7. The molecule has 1 aromatic carbocycles. The fourth-order valence-corrected chi connectivity index (χ4v) is 1.78. The molecular formula is C13H20ClNO2. The van der Waals surface area contributed by atoms with Crippen molar-refractivity contribution >= 4 is 11.6 Å². The van der Waals surface area contributed by atoms with Crippen LogP contribution in [0.15, 0.2) is 24.3 Å². The first-order chi connectivity index (χ1) is 8.15.